The molecule has 0 radical (unpaired) electrons. The van der Waals surface area contributed by atoms with Crippen LogP contribution < -0.4 is 11.2 Å². The number of rotatable bonds is 2. The molecule has 1 aliphatic rings. The van der Waals surface area contributed by atoms with Crippen molar-refractivity contribution in [3.8, 4) is 0 Å². The number of halogens is 1. The summed E-state index contributed by atoms with van der Waals surface area (Å²) in [4.78, 5) is 36.6. The van der Waals surface area contributed by atoms with E-state index in [-0.39, 0.29) is 10.5 Å². The standard InChI is InChI=1S/C11H14BrN3O3/c12-9-10(17)13-11(18)15(14-9)8(16)6-7-4-2-1-3-5-7/h7H,1-6H2,(H,13,17,18). The fourth-order valence-electron chi connectivity index (χ4n) is 2.27. The second-order valence-electron chi connectivity index (χ2n) is 4.56. The first kappa shape index (κ1) is 13.2. The van der Waals surface area contributed by atoms with Crippen LogP contribution in [0.3, 0.4) is 0 Å². The van der Waals surface area contributed by atoms with Crippen LogP contribution in [0, 0.1) is 5.92 Å². The number of carbonyl (C=O) groups excluding carboxylic acids is 1. The maximum Gasteiger partial charge on any atom is 0.352 e. The van der Waals surface area contributed by atoms with Gasteiger partial charge in [-0.2, -0.15) is 0 Å². The molecular formula is C11H14BrN3O3. The van der Waals surface area contributed by atoms with Crippen LogP contribution in [0.4, 0.5) is 0 Å². The van der Waals surface area contributed by atoms with Crippen LogP contribution in [-0.2, 0) is 0 Å². The number of nitrogens with one attached hydrogen (secondary N) is 1. The molecule has 0 spiro atoms. The lowest BCUT2D eigenvalue weighted by atomic mass is 9.87. The molecule has 0 aliphatic heterocycles. The zero-order valence-electron chi connectivity index (χ0n) is 9.82. The van der Waals surface area contributed by atoms with Gasteiger partial charge in [-0.05, 0) is 34.7 Å². The van der Waals surface area contributed by atoms with Crippen molar-refractivity contribution in [1.29, 1.82) is 0 Å². The Kier molecular flexibility index (Phi) is 4.11. The molecule has 1 saturated carbocycles. The Balaban J connectivity index is 2.16. The second kappa shape index (κ2) is 5.60. The Morgan fingerprint density at radius 2 is 2.00 bits per heavy atom. The molecule has 0 atom stereocenters. The minimum atomic E-state index is -0.774. The van der Waals surface area contributed by atoms with Gasteiger partial charge in [-0.1, -0.05) is 19.3 Å². The minimum Gasteiger partial charge on any atom is -0.272 e. The van der Waals surface area contributed by atoms with Gasteiger partial charge in [0.1, 0.15) is 0 Å². The average molecular weight is 316 g/mol. The molecule has 1 aromatic rings. The van der Waals surface area contributed by atoms with E-state index in [2.05, 4.69) is 21.0 Å². The molecule has 0 bridgehead atoms. The lowest BCUT2D eigenvalue weighted by Crippen LogP contribution is -2.37. The number of H-pyrrole nitrogens is 1. The van der Waals surface area contributed by atoms with E-state index >= 15 is 0 Å². The third-order valence-corrected chi connectivity index (χ3v) is 3.73. The first-order valence-electron chi connectivity index (χ1n) is 6.00. The molecule has 2 rings (SSSR count). The SMILES string of the molecule is O=C(CC1CCCCC1)n1nc(Br)c(=O)[nH]c1=O. The third-order valence-electron chi connectivity index (χ3n) is 3.21. The van der Waals surface area contributed by atoms with E-state index in [4.69, 9.17) is 0 Å². The molecule has 1 heterocycles. The van der Waals surface area contributed by atoms with E-state index in [0.717, 1.165) is 30.4 Å². The van der Waals surface area contributed by atoms with Gasteiger partial charge in [0.25, 0.3) is 11.5 Å². The van der Waals surface area contributed by atoms with Crippen molar-refractivity contribution in [3.05, 3.63) is 25.4 Å². The number of hydrogen-bond acceptors (Lipinski definition) is 4. The summed E-state index contributed by atoms with van der Waals surface area (Å²) in [6.07, 6.45) is 5.83. The Bertz CT molecular complexity index is 557. The zero-order chi connectivity index (χ0) is 13.1. The van der Waals surface area contributed by atoms with Gasteiger partial charge in [-0.3, -0.25) is 14.6 Å². The summed E-state index contributed by atoms with van der Waals surface area (Å²) in [5, 5.41) is 3.67. The second-order valence-corrected chi connectivity index (χ2v) is 5.31. The van der Waals surface area contributed by atoms with Gasteiger partial charge < -0.3 is 0 Å². The monoisotopic (exact) mass is 315 g/mol. The van der Waals surface area contributed by atoms with Gasteiger partial charge in [0.05, 0.1) is 0 Å². The van der Waals surface area contributed by atoms with Crippen LogP contribution in [0.25, 0.3) is 0 Å². The first-order chi connectivity index (χ1) is 8.58. The van der Waals surface area contributed by atoms with Crippen LogP contribution in [0.1, 0.15) is 43.3 Å². The fourth-order valence-corrected chi connectivity index (χ4v) is 2.53. The van der Waals surface area contributed by atoms with Gasteiger partial charge in [-0.15, -0.1) is 9.78 Å². The lowest BCUT2D eigenvalue weighted by Gasteiger charge is -2.20. The smallest absolute Gasteiger partial charge is 0.272 e. The van der Waals surface area contributed by atoms with Crippen molar-refractivity contribution in [2.24, 2.45) is 5.92 Å². The van der Waals surface area contributed by atoms with Crippen molar-refractivity contribution in [2.45, 2.75) is 38.5 Å². The van der Waals surface area contributed by atoms with E-state index in [1.807, 2.05) is 4.98 Å². The van der Waals surface area contributed by atoms with Crippen LogP contribution in [0.2, 0.25) is 0 Å². The molecule has 0 aromatic carbocycles. The number of aromatic nitrogens is 3. The highest BCUT2D eigenvalue weighted by Crippen LogP contribution is 2.26. The number of nitrogens with zero attached hydrogens (tertiary/aromatic N) is 2. The average Bonchev–Trinajstić information content (AvgIpc) is 2.35. The topological polar surface area (TPSA) is 84.8 Å². The maximum atomic E-state index is 12.0. The zero-order valence-corrected chi connectivity index (χ0v) is 11.4. The van der Waals surface area contributed by atoms with Crippen molar-refractivity contribution >= 4 is 21.8 Å². The third kappa shape index (κ3) is 2.95. The Hall–Kier alpha value is -1.24. The summed E-state index contributed by atoms with van der Waals surface area (Å²) in [6, 6.07) is 0. The van der Waals surface area contributed by atoms with Crippen LogP contribution >= 0.6 is 15.9 Å². The number of aromatic amines is 1. The summed E-state index contributed by atoms with van der Waals surface area (Å²) < 4.78 is 0.680. The van der Waals surface area contributed by atoms with Gasteiger partial charge >= 0.3 is 5.69 Å². The largest absolute Gasteiger partial charge is 0.352 e. The molecule has 0 unspecified atom stereocenters. The molecule has 1 N–H and O–H groups in total. The highest BCUT2D eigenvalue weighted by molar-refractivity contribution is 9.10. The van der Waals surface area contributed by atoms with Gasteiger partial charge in [-0.25, -0.2) is 4.79 Å². The normalized spacial score (nSPS) is 16.7. The van der Waals surface area contributed by atoms with E-state index in [1.165, 1.54) is 6.42 Å². The molecule has 1 fully saturated rings. The van der Waals surface area contributed by atoms with Gasteiger partial charge in [0, 0.05) is 6.42 Å². The molecule has 98 valence electrons. The van der Waals surface area contributed by atoms with Crippen molar-refractivity contribution in [1.82, 2.24) is 14.8 Å². The lowest BCUT2D eigenvalue weighted by molar-refractivity contribution is 0.0841. The molecule has 18 heavy (non-hydrogen) atoms. The maximum absolute atomic E-state index is 12.0. The predicted octanol–water partition coefficient (Wildman–Crippen LogP) is 1.30. The van der Waals surface area contributed by atoms with E-state index < -0.39 is 11.2 Å². The first-order valence-corrected chi connectivity index (χ1v) is 6.79. The predicted molar refractivity (Wildman–Crippen MR) is 68.6 cm³/mol. The summed E-state index contributed by atoms with van der Waals surface area (Å²) in [5.41, 5.74) is -1.40. The minimum absolute atomic E-state index is 0.0564. The van der Waals surface area contributed by atoms with Gasteiger partial charge in [0.15, 0.2) is 4.60 Å². The van der Waals surface area contributed by atoms with Crippen LogP contribution in [0.5, 0.6) is 0 Å². The van der Waals surface area contributed by atoms with Crippen molar-refractivity contribution in [2.75, 3.05) is 0 Å². The summed E-state index contributed by atoms with van der Waals surface area (Å²) in [7, 11) is 0. The Labute approximate surface area is 112 Å². The van der Waals surface area contributed by atoms with E-state index in [1.54, 1.807) is 0 Å². The fraction of sp³-hybridized carbons (Fsp3) is 0.636. The molecule has 1 aromatic heterocycles. The molecule has 6 nitrogen and oxygen atoms in total. The highest BCUT2D eigenvalue weighted by atomic mass is 79.9. The van der Waals surface area contributed by atoms with Crippen molar-refractivity contribution < 1.29 is 4.79 Å². The van der Waals surface area contributed by atoms with E-state index in [0.29, 0.717) is 12.3 Å². The summed E-state index contributed by atoms with van der Waals surface area (Å²) >= 11 is 2.91. The molecule has 0 saturated heterocycles. The molecule has 0 amide bonds. The quantitative estimate of drug-likeness (QED) is 0.891. The molecular weight excluding hydrogens is 302 g/mol. The number of carbonyl (C=O) groups is 1. The van der Waals surface area contributed by atoms with E-state index in [9.17, 15) is 14.4 Å². The molecule has 7 heteroatoms. The number of hydrogen-bond donors (Lipinski definition) is 1. The van der Waals surface area contributed by atoms with Gasteiger partial charge in [0.2, 0.25) is 0 Å². The highest BCUT2D eigenvalue weighted by Gasteiger charge is 2.20. The Morgan fingerprint density at radius 3 is 2.67 bits per heavy atom. The summed E-state index contributed by atoms with van der Waals surface area (Å²) in [6.45, 7) is 0. The summed E-state index contributed by atoms with van der Waals surface area (Å²) in [5.74, 6) is -0.0329. The van der Waals surface area contributed by atoms with Crippen LogP contribution in [-0.4, -0.2) is 20.7 Å². The Morgan fingerprint density at radius 1 is 1.33 bits per heavy atom. The molecule has 1 aliphatic carbocycles. The van der Waals surface area contributed by atoms with Crippen LogP contribution in [0.15, 0.2) is 14.2 Å². The van der Waals surface area contributed by atoms with Crippen molar-refractivity contribution in [3.63, 3.8) is 0 Å².